The second-order valence-corrected chi connectivity index (χ2v) is 4.08. The van der Waals surface area contributed by atoms with Crippen molar-refractivity contribution >= 4 is 17.8 Å². The standard InChI is InChI=1S/C13H11NO4/c1-7(2)6-18-13(17)8-3-4-9-10(5-8)12(16)14-11(9)15/h3-5H,1,6H2,2H3,(H,14,15,16). The Morgan fingerprint density at radius 3 is 2.61 bits per heavy atom. The van der Waals surface area contributed by atoms with E-state index in [1.54, 1.807) is 6.92 Å². The lowest BCUT2D eigenvalue weighted by Crippen LogP contribution is -2.19. The topological polar surface area (TPSA) is 72.5 Å². The highest BCUT2D eigenvalue weighted by Gasteiger charge is 2.27. The number of carbonyl (C=O) groups is 3. The molecule has 2 rings (SSSR count). The molecule has 1 heterocycles. The molecule has 1 aromatic carbocycles. The van der Waals surface area contributed by atoms with Gasteiger partial charge in [-0.15, -0.1) is 0 Å². The van der Waals surface area contributed by atoms with Crippen molar-refractivity contribution in [2.24, 2.45) is 0 Å². The number of rotatable bonds is 3. The molecule has 0 fully saturated rings. The molecule has 5 nitrogen and oxygen atoms in total. The zero-order chi connectivity index (χ0) is 13.3. The molecule has 1 N–H and O–H groups in total. The minimum atomic E-state index is -0.548. The molecule has 0 atom stereocenters. The molecule has 1 aromatic rings. The van der Waals surface area contributed by atoms with Gasteiger partial charge in [0.25, 0.3) is 11.8 Å². The molecule has 0 bridgehead atoms. The maximum absolute atomic E-state index is 11.7. The number of hydrogen-bond acceptors (Lipinski definition) is 4. The number of benzene rings is 1. The van der Waals surface area contributed by atoms with Crippen LogP contribution in [-0.2, 0) is 4.74 Å². The Kier molecular flexibility index (Phi) is 2.97. The van der Waals surface area contributed by atoms with Crippen molar-refractivity contribution in [3.05, 3.63) is 47.0 Å². The van der Waals surface area contributed by atoms with Crippen LogP contribution in [0, 0.1) is 0 Å². The first kappa shape index (κ1) is 12.0. The Balaban J connectivity index is 2.24. The molecule has 0 spiro atoms. The Hall–Kier alpha value is -2.43. The summed E-state index contributed by atoms with van der Waals surface area (Å²) < 4.78 is 4.96. The lowest BCUT2D eigenvalue weighted by Gasteiger charge is -2.04. The van der Waals surface area contributed by atoms with E-state index < -0.39 is 17.8 Å². The summed E-state index contributed by atoms with van der Waals surface area (Å²) in [6.07, 6.45) is 0. The van der Waals surface area contributed by atoms with E-state index in [1.165, 1.54) is 18.2 Å². The van der Waals surface area contributed by atoms with Gasteiger partial charge in [-0.05, 0) is 30.7 Å². The molecule has 0 unspecified atom stereocenters. The predicted octanol–water partition coefficient (Wildman–Crippen LogP) is 1.30. The van der Waals surface area contributed by atoms with Gasteiger partial charge in [0.2, 0.25) is 0 Å². The van der Waals surface area contributed by atoms with Crippen LogP contribution in [0.1, 0.15) is 38.0 Å². The van der Waals surface area contributed by atoms with Gasteiger partial charge < -0.3 is 4.74 Å². The molecule has 0 saturated heterocycles. The van der Waals surface area contributed by atoms with Gasteiger partial charge in [0.1, 0.15) is 6.61 Å². The summed E-state index contributed by atoms with van der Waals surface area (Å²) in [5.74, 6) is -1.49. The van der Waals surface area contributed by atoms with Crippen LogP contribution in [0.25, 0.3) is 0 Å². The first-order valence-corrected chi connectivity index (χ1v) is 5.30. The monoisotopic (exact) mass is 245 g/mol. The number of hydrogen-bond donors (Lipinski definition) is 1. The molecular weight excluding hydrogens is 234 g/mol. The van der Waals surface area contributed by atoms with Crippen molar-refractivity contribution in [2.75, 3.05) is 6.61 Å². The molecule has 0 radical (unpaired) electrons. The van der Waals surface area contributed by atoms with Crippen molar-refractivity contribution in [2.45, 2.75) is 6.92 Å². The second-order valence-electron chi connectivity index (χ2n) is 4.08. The fraction of sp³-hybridized carbons (Fsp3) is 0.154. The SMILES string of the molecule is C=C(C)COC(=O)c1ccc2c(c1)C(=O)NC2=O. The highest BCUT2D eigenvalue weighted by molar-refractivity contribution is 6.22. The highest BCUT2D eigenvalue weighted by Crippen LogP contribution is 2.18. The van der Waals surface area contributed by atoms with E-state index in [1.807, 2.05) is 0 Å². The van der Waals surface area contributed by atoms with E-state index in [0.29, 0.717) is 0 Å². The molecule has 0 saturated carbocycles. The quantitative estimate of drug-likeness (QED) is 0.495. The number of fused-ring (bicyclic) bond motifs is 1. The molecular formula is C13H11NO4. The minimum Gasteiger partial charge on any atom is -0.458 e. The van der Waals surface area contributed by atoms with E-state index in [0.717, 1.165) is 5.57 Å². The summed E-state index contributed by atoms with van der Waals surface area (Å²) in [4.78, 5) is 34.4. The first-order valence-electron chi connectivity index (χ1n) is 5.30. The van der Waals surface area contributed by atoms with Crippen molar-refractivity contribution in [3.63, 3.8) is 0 Å². The molecule has 5 heteroatoms. The van der Waals surface area contributed by atoms with Crippen molar-refractivity contribution in [1.82, 2.24) is 5.32 Å². The van der Waals surface area contributed by atoms with Gasteiger partial charge in [0.15, 0.2) is 0 Å². The van der Waals surface area contributed by atoms with Crippen LogP contribution in [-0.4, -0.2) is 24.4 Å². The first-order chi connectivity index (χ1) is 8.49. The normalized spacial score (nSPS) is 12.9. The lowest BCUT2D eigenvalue weighted by atomic mass is 10.1. The lowest BCUT2D eigenvalue weighted by molar-refractivity contribution is 0.0540. The molecule has 92 valence electrons. The zero-order valence-corrected chi connectivity index (χ0v) is 9.78. The van der Waals surface area contributed by atoms with Gasteiger partial charge >= 0.3 is 5.97 Å². The zero-order valence-electron chi connectivity index (χ0n) is 9.78. The van der Waals surface area contributed by atoms with Gasteiger partial charge in [-0.1, -0.05) is 6.58 Å². The molecule has 2 amide bonds. The summed E-state index contributed by atoms with van der Waals surface area (Å²) in [7, 11) is 0. The molecule has 1 aliphatic heterocycles. The summed E-state index contributed by atoms with van der Waals surface area (Å²) in [5.41, 5.74) is 1.43. The molecule has 0 aromatic heterocycles. The third kappa shape index (κ3) is 2.15. The van der Waals surface area contributed by atoms with Crippen molar-refractivity contribution in [3.8, 4) is 0 Å². The van der Waals surface area contributed by atoms with E-state index in [9.17, 15) is 14.4 Å². The molecule has 0 aliphatic carbocycles. The van der Waals surface area contributed by atoms with Crippen LogP contribution >= 0.6 is 0 Å². The fourth-order valence-electron chi connectivity index (χ4n) is 1.57. The van der Waals surface area contributed by atoms with Crippen LogP contribution in [0.15, 0.2) is 30.4 Å². The molecule has 1 aliphatic rings. The van der Waals surface area contributed by atoms with Crippen LogP contribution in [0.2, 0.25) is 0 Å². The van der Waals surface area contributed by atoms with Gasteiger partial charge in [-0.2, -0.15) is 0 Å². The number of nitrogens with one attached hydrogen (secondary N) is 1. The van der Waals surface area contributed by atoms with E-state index in [2.05, 4.69) is 11.9 Å². The van der Waals surface area contributed by atoms with Gasteiger partial charge in [0.05, 0.1) is 16.7 Å². The van der Waals surface area contributed by atoms with Crippen LogP contribution < -0.4 is 5.32 Å². The minimum absolute atomic E-state index is 0.126. The fourth-order valence-corrected chi connectivity index (χ4v) is 1.57. The highest BCUT2D eigenvalue weighted by atomic mass is 16.5. The number of carbonyl (C=O) groups excluding carboxylic acids is 3. The van der Waals surface area contributed by atoms with Crippen molar-refractivity contribution < 1.29 is 19.1 Å². The summed E-state index contributed by atoms with van der Waals surface area (Å²) in [6.45, 7) is 5.48. The number of amides is 2. The Morgan fingerprint density at radius 1 is 1.28 bits per heavy atom. The van der Waals surface area contributed by atoms with E-state index in [-0.39, 0.29) is 23.3 Å². The van der Waals surface area contributed by atoms with Gasteiger partial charge in [-0.25, -0.2) is 4.79 Å². The summed E-state index contributed by atoms with van der Waals surface area (Å²) >= 11 is 0. The third-order valence-electron chi connectivity index (χ3n) is 2.42. The van der Waals surface area contributed by atoms with E-state index in [4.69, 9.17) is 4.74 Å². The number of ether oxygens (including phenoxy) is 1. The summed E-state index contributed by atoms with van der Waals surface area (Å²) in [6, 6.07) is 4.25. The van der Waals surface area contributed by atoms with Crippen molar-refractivity contribution in [1.29, 1.82) is 0 Å². The maximum Gasteiger partial charge on any atom is 0.338 e. The average molecular weight is 245 g/mol. The smallest absolute Gasteiger partial charge is 0.338 e. The van der Waals surface area contributed by atoms with Gasteiger partial charge in [0, 0.05) is 0 Å². The van der Waals surface area contributed by atoms with Gasteiger partial charge in [-0.3, -0.25) is 14.9 Å². The van der Waals surface area contributed by atoms with E-state index >= 15 is 0 Å². The van der Waals surface area contributed by atoms with Crippen LogP contribution in [0.3, 0.4) is 0 Å². The third-order valence-corrected chi connectivity index (χ3v) is 2.42. The number of imide groups is 1. The van der Waals surface area contributed by atoms with Crippen LogP contribution in [0.4, 0.5) is 0 Å². The average Bonchev–Trinajstić information content (AvgIpc) is 2.61. The Labute approximate surface area is 103 Å². The predicted molar refractivity (Wildman–Crippen MR) is 63.3 cm³/mol. The number of esters is 1. The Bertz CT molecular complexity index is 574. The van der Waals surface area contributed by atoms with Crippen LogP contribution in [0.5, 0.6) is 0 Å². The molecule has 18 heavy (non-hydrogen) atoms. The summed E-state index contributed by atoms with van der Waals surface area (Å²) in [5, 5.41) is 2.15. The maximum atomic E-state index is 11.7. The second kappa shape index (κ2) is 4.44. The largest absolute Gasteiger partial charge is 0.458 e. The Morgan fingerprint density at radius 2 is 1.94 bits per heavy atom.